The minimum Gasteiger partial charge on any atom is -0.451 e. The van der Waals surface area contributed by atoms with Crippen molar-refractivity contribution in [3.63, 3.8) is 0 Å². The Morgan fingerprint density at radius 1 is 0.962 bits per heavy atom. The van der Waals surface area contributed by atoms with E-state index in [-0.39, 0.29) is 10.9 Å². The van der Waals surface area contributed by atoms with Crippen LogP contribution in [0.25, 0.3) is 11.3 Å². The zero-order chi connectivity index (χ0) is 18.5. The third kappa shape index (κ3) is 4.54. The maximum Gasteiger partial charge on any atom is 0.305 e. The van der Waals surface area contributed by atoms with Crippen molar-refractivity contribution in [2.24, 2.45) is 0 Å². The van der Waals surface area contributed by atoms with Crippen molar-refractivity contribution in [2.45, 2.75) is 0 Å². The Bertz CT molecular complexity index is 945. The summed E-state index contributed by atoms with van der Waals surface area (Å²) < 4.78 is 5.56. The molecule has 0 saturated heterocycles. The quantitative estimate of drug-likeness (QED) is 0.427. The van der Waals surface area contributed by atoms with Gasteiger partial charge in [0.1, 0.15) is 5.76 Å². The summed E-state index contributed by atoms with van der Waals surface area (Å²) in [6.07, 6.45) is 0. The van der Waals surface area contributed by atoms with Crippen LogP contribution in [0.1, 0.15) is 10.6 Å². The van der Waals surface area contributed by atoms with Crippen molar-refractivity contribution in [3.05, 3.63) is 76.5 Å². The molecule has 8 heteroatoms. The van der Waals surface area contributed by atoms with Crippen LogP contribution in [0.5, 0.6) is 0 Å². The second-order valence-electron chi connectivity index (χ2n) is 5.19. The smallest absolute Gasteiger partial charge is 0.305 e. The molecule has 132 valence electrons. The van der Waals surface area contributed by atoms with Crippen molar-refractivity contribution in [1.82, 2.24) is 10.9 Å². The lowest BCUT2D eigenvalue weighted by molar-refractivity contribution is 0.0917. The van der Waals surface area contributed by atoms with E-state index in [0.717, 1.165) is 5.69 Å². The summed E-state index contributed by atoms with van der Waals surface area (Å²) in [5.41, 5.74) is 6.48. The number of halogens is 2. The molecule has 3 rings (SSSR count). The molecule has 0 radical (unpaired) electrons. The van der Waals surface area contributed by atoms with E-state index in [2.05, 4.69) is 16.2 Å². The molecule has 26 heavy (non-hydrogen) atoms. The molecular weight excluding hydrogens is 393 g/mol. The third-order valence-electron chi connectivity index (χ3n) is 3.34. The van der Waals surface area contributed by atoms with Crippen LogP contribution in [-0.4, -0.2) is 11.0 Å². The molecule has 0 bridgehead atoms. The van der Waals surface area contributed by atoms with E-state index >= 15 is 0 Å². The highest BCUT2D eigenvalue weighted by Crippen LogP contribution is 2.31. The van der Waals surface area contributed by atoms with Gasteiger partial charge < -0.3 is 9.73 Å². The van der Waals surface area contributed by atoms with Gasteiger partial charge >= 0.3 is 5.91 Å². The van der Waals surface area contributed by atoms with Crippen LogP contribution in [-0.2, 0) is 0 Å². The predicted octanol–water partition coefficient (Wildman–Crippen LogP) is 4.88. The van der Waals surface area contributed by atoms with Crippen molar-refractivity contribution >= 4 is 52.1 Å². The van der Waals surface area contributed by atoms with Gasteiger partial charge in [0.25, 0.3) is 0 Å². The summed E-state index contributed by atoms with van der Waals surface area (Å²) >= 11 is 17.2. The second-order valence-corrected chi connectivity index (χ2v) is 6.44. The molecule has 0 aliphatic rings. The van der Waals surface area contributed by atoms with Crippen LogP contribution in [0.3, 0.4) is 0 Å². The maximum absolute atomic E-state index is 12.2. The number of hydrazine groups is 1. The summed E-state index contributed by atoms with van der Waals surface area (Å²) in [4.78, 5) is 12.2. The van der Waals surface area contributed by atoms with Crippen LogP contribution < -0.4 is 16.2 Å². The third-order valence-corrected chi connectivity index (χ3v) is 4.11. The van der Waals surface area contributed by atoms with Gasteiger partial charge in [-0.1, -0.05) is 41.4 Å². The molecule has 3 N–H and O–H groups in total. The van der Waals surface area contributed by atoms with E-state index in [0.29, 0.717) is 21.4 Å². The fourth-order valence-electron chi connectivity index (χ4n) is 2.15. The molecule has 0 atom stereocenters. The summed E-state index contributed by atoms with van der Waals surface area (Å²) in [7, 11) is 0. The predicted molar refractivity (Wildman–Crippen MR) is 107 cm³/mol. The van der Waals surface area contributed by atoms with E-state index in [4.69, 9.17) is 39.8 Å². The number of furan rings is 1. The van der Waals surface area contributed by atoms with E-state index in [1.54, 1.807) is 24.3 Å². The topological polar surface area (TPSA) is 66.3 Å². The van der Waals surface area contributed by atoms with Crippen LogP contribution in [0.15, 0.2) is 65.1 Å². The number of anilines is 1. The molecule has 0 aliphatic heterocycles. The number of para-hydroxylation sites is 1. The second kappa shape index (κ2) is 8.23. The van der Waals surface area contributed by atoms with Gasteiger partial charge in [-0.3, -0.25) is 15.6 Å². The van der Waals surface area contributed by atoms with Crippen LogP contribution in [0.2, 0.25) is 10.0 Å². The normalized spacial score (nSPS) is 10.2. The van der Waals surface area contributed by atoms with E-state index in [1.165, 1.54) is 6.07 Å². The van der Waals surface area contributed by atoms with Crippen LogP contribution in [0.4, 0.5) is 5.69 Å². The minimum atomic E-state index is -0.480. The monoisotopic (exact) mass is 405 g/mol. The zero-order valence-corrected chi connectivity index (χ0v) is 15.6. The van der Waals surface area contributed by atoms with Gasteiger partial charge in [0, 0.05) is 16.3 Å². The number of thiocarbonyl (C=S) groups is 1. The summed E-state index contributed by atoms with van der Waals surface area (Å²) in [6, 6.07) is 17.5. The highest BCUT2D eigenvalue weighted by Gasteiger charge is 2.14. The first-order valence-corrected chi connectivity index (χ1v) is 8.67. The molecule has 3 aromatic rings. The number of carbonyl (C=O) groups excluding carboxylic acids is 1. The van der Waals surface area contributed by atoms with Gasteiger partial charge in [0.15, 0.2) is 10.9 Å². The number of rotatable bonds is 3. The van der Waals surface area contributed by atoms with Crippen molar-refractivity contribution < 1.29 is 9.21 Å². The van der Waals surface area contributed by atoms with Gasteiger partial charge in [-0.15, -0.1) is 0 Å². The molecular formula is C18H13Cl2N3O2S. The van der Waals surface area contributed by atoms with Crippen LogP contribution in [0, 0.1) is 0 Å². The zero-order valence-electron chi connectivity index (χ0n) is 13.3. The lowest BCUT2D eigenvalue weighted by Gasteiger charge is -2.10. The first-order valence-electron chi connectivity index (χ1n) is 7.50. The fraction of sp³-hybridized carbons (Fsp3) is 0. The Morgan fingerprint density at radius 2 is 1.73 bits per heavy atom. The number of hydrogen-bond donors (Lipinski definition) is 3. The highest BCUT2D eigenvalue weighted by atomic mass is 35.5. The largest absolute Gasteiger partial charge is 0.451 e. The van der Waals surface area contributed by atoms with Gasteiger partial charge in [-0.05, 0) is 54.7 Å². The van der Waals surface area contributed by atoms with Crippen molar-refractivity contribution in [2.75, 3.05) is 5.32 Å². The van der Waals surface area contributed by atoms with Crippen molar-refractivity contribution in [1.29, 1.82) is 0 Å². The number of amides is 1. The molecule has 0 fully saturated rings. The van der Waals surface area contributed by atoms with E-state index in [1.807, 2.05) is 30.3 Å². The number of hydrogen-bond acceptors (Lipinski definition) is 3. The van der Waals surface area contributed by atoms with Gasteiger partial charge in [0.05, 0.1) is 5.02 Å². The van der Waals surface area contributed by atoms with Gasteiger partial charge in [-0.2, -0.15) is 0 Å². The standard InChI is InChI=1S/C18H13Cl2N3O2S/c19-11-6-7-14(20)13(10-11)15-8-9-16(25-15)17(24)22-23-18(26)21-12-4-2-1-3-5-12/h1-10H,(H,22,24)(H2,21,23,26). The summed E-state index contributed by atoms with van der Waals surface area (Å²) in [5, 5.41) is 4.17. The lowest BCUT2D eigenvalue weighted by atomic mass is 10.2. The maximum atomic E-state index is 12.2. The molecule has 2 aromatic carbocycles. The van der Waals surface area contributed by atoms with Crippen LogP contribution >= 0.6 is 35.4 Å². The minimum absolute atomic E-state index is 0.103. The molecule has 0 spiro atoms. The Kier molecular flexibility index (Phi) is 5.78. The molecule has 0 unspecified atom stereocenters. The number of nitrogens with one attached hydrogen (secondary N) is 3. The summed E-state index contributed by atoms with van der Waals surface area (Å²) in [6.45, 7) is 0. The molecule has 1 aromatic heterocycles. The van der Waals surface area contributed by atoms with Gasteiger partial charge in [0.2, 0.25) is 0 Å². The highest BCUT2D eigenvalue weighted by molar-refractivity contribution is 7.80. The van der Waals surface area contributed by atoms with E-state index < -0.39 is 5.91 Å². The molecule has 1 amide bonds. The molecule has 0 saturated carbocycles. The molecule has 5 nitrogen and oxygen atoms in total. The first kappa shape index (κ1) is 18.3. The Morgan fingerprint density at radius 3 is 2.50 bits per heavy atom. The summed E-state index contributed by atoms with van der Waals surface area (Å²) in [5.74, 6) is 0.0605. The Labute approximate surface area is 165 Å². The lowest BCUT2D eigenvalue weighted by Crippen LogP contribution is -2.43. The number of benzene rings is 2. The Balaban J connectivity index is 1.61. The van der Waals surface area contributed by atoms with E-state index in [9.17, 15) is 4.79 Å². The van der Waals surface area contributed by atoms with Crippen molar-refractivity contribution in [3.8, 4) is 11.3 Å². The Hall–Kier alpha value is -2.54. The first-order chi connectivity index (χ1) is 12.5. The number of carbonyl (C=O) groups is 1. The van der Waals surface area contributed by atoms with Gasteiger partial charge in [-0.25, -0.2) is 0 Å². The average molecular weight is 406 g/mol. The fourth-order valence-corrected chi connectivity index (χ4v) is 2.70. The molecule has 0 aliphatic carbocycles. The SMILES string of the molecule is O=C(NNC(=S)Nc1ccccc1)c1ccc(-c2cc(Cl)ccc2Cl)o1. The molecule has 1 heterocycles. The average Bonchev–Trinajstić information content (AvgIpc) is 3.12.